The fourth-order valence-electron chi connectivity index (χ4n) is 2.97. The molecule has 0 radical (unpaired) electrons. The standard InChI is InChI=1S/C21H28N6/c1-3-26(4-2)16-10-15-25-21(23)27(17-22)20(18-11-6-5-7-12-18)19-13-8-9-14-24-19/h5-9,11-14,20H,3-4,10,15-16H2,1-2H3,(H2,23,25). The second-order valence-electron chi connectivity index (χ2n) is 6.16. The second kappa shape index (κ2) is 10.9. The molecule has 6 nitrogen and oxygen atoms in total. The first-order valence-corrected chi connectivity index (χ1v) is 9.38. The van der Waals surface area contributed by atoms with Crippen LogP contribution in [0, 0.1) is 11.5 Å². The van der Waals surface area contributed by atoms with E-state index in [-0.39, 0.29) is 5.96 Å². The Morgan fingerprint density at radius 2 is 1.85 bits per heavy atom. The highest BCUT2D eigenvalue weighted by molar-refractivity contribution is 5.80. The van der Waals surface area contributed by atoms with Crippen LogP contribution in [0.15, 0.2) is 59.7 Å². The number of nitrogens with zero attached hydrogens (tertiary/aromatic N) is 5. The van der Waals surface area contributed by atoms with Crippen molar-refractivity contribution < 1.29 is 0 Å². The first-order chi connectivity index (χ1) is 13.2. The van der Waals surface area contributed by atoms with Gasteiger partial charge in [0.2, 0.25) is 5.96 Å². The molecule has 6 heteroatoms. The Labute approximate surface area is 162 Å². The Morgan fingerprint density at radius 3 is 2.44 bits per heavy atom. The highest BCUT2D eigenvalue weighted by Gasteiger charge is 2.25. The van der Waals surface area contributed by atoms with Crippen molar-refractivity contribution in [1.29, 1.82) is 5.26 Å². The van der Waals surface area contributed by atoms with Gasteiger partial charge in [0.15, 0.2) is 6.19 Å². The van der Waals surface area contributed by atoms with E-state index >= 15 is 0 Å². The lowest BCUT2D eigenvalue weighted by atomic mass is 10.0. The number of hydrogen-bond donors (Lipinski definition) is 1. The molecule has 0 aliphatic heterocycles. The number of nitriles is 1. The Bertz CT molecular complexity index is 695. The topological polar surface area (TPSA) is 81.5 Å². The molecule has 1 aromatic carbocycles. The molecular weight excluding hydrogens is 336 g/mol. The SMILES string of the molecule is CCN(CC)CCCN=C(N)N(C#N)C(c1ccccc1)c1ccccn1. The zero-order valence-electron chi connectivity index (χ0n) is 16.1. The van der Waals surface area contributed by atoms with Crippen molar-refractivity contribution >= 4 is 5.96 Å². The first kappa shape index (κ1) is 20.4. The van der Waals surface area contributed by atoms with Crippen LogP contribution in [-0.4, -0.2) is 46.9 Å². The van der Waals surface area contributed by atoms with Crippen LogP contribution in [0.5, 0.6) is 0 Å². The molecule has 0 fully saturated rings. The minimum absolute atomic E-state index is 0.219. The Balaban J connectivity index is 2.19. The third-order valence-electron chi connectivity index (χ3n) is 4.50. The van der Waals surface area contributed by atoms with Crippen molar-refractivity contribution in [1.82, 2.24) is 14.8 Å². The van der Waals surface area contributed by atoms with E-state index in [0.717, 1.165) is 37.3 Å². The van der Waals surface area contributed by atoms with Gasteiger partial charge in [-0.05, 0) is 43.8 Å². The van der Waals surface area contributed by atoms with E-state index in [1.165, 1.54) is 4.90 Å². The highest BCUT2D eigenvalue weighted by Crippen LogP contribution is 2.26. The normalized spacial score (nSPS) is 12.6. The quantitative estimate of drug-likeness (QED) is 0.243. The number of guanidine groups is 1. The van der Waals surface area contributed by atoms with E-state index in [1.54, 1.807) is 6.20 Å². The molecule has 1 heterocycles. The van der Waals surface area contributed by atoms with Gasteiger partial charge in [0.05, 0.1) is 5.69 Å². The van der Waals surface area contributed by atoms with Gasteiger partial charge in [0, 0.05) is 12.7 Å². The molecule has 2 rings (SSSR count). The van der Waals surface area contributed by atoms with Gasteiger partial charge in [-0.3, -0.25) is 9.98 Å². The van der Waals surface area contributed by atoms with E-state index in [0.29, 0.717) is 6.54 Å². The summed E-state index contributed by atoms with van der Waals surface area (Å²) >= 11 is 0. The second-order valence-corrected chi connectivity index (χ2v) is 6.16. The van der Waals surface area contributed by atoms with Gasteiger partial charge < -0.3 is 10.6 Å². The summed E-state index contributed by atoms with van der Waals surface area (Å²) in [6.07, 6.45) is 4.82. The molecule has 142 valence electrons. The van der Waals surface area contributed by atoms with Crippen molar-refractivity contribution in [3.8, 4) is 6.19 Å². The number of aliphatic imine (C=N–C) groups is 1. The van der Waals surface area contributed by atoms with Crippen LogP contribution in [0.3, 0.4) is 0 Å². The summed E-state index contributed by atoms with van der Waals surface area (Å²) < 4.78 is 0. The van der Waals surface area contributed by atoms with Crippen LogP contribution in [-0.2, 0) is 0 Å². The predicted molar refractivity (Wildman–Crippen MR) is 109 cm³/mol. The number of hydrogen-bond acceptors (Lipinski definition) is 4. The van der Waals surface area contributed by atoms with Crippen molar-refractivity contribution in [3.05, 3.63) is 66.0 Å². The smallest absolute Gasteiger partial charge is 0.205 e. The Kier molecular flexibility index (Phi) is 8.27. The van der Waals surface area contributed by atoms with Crippen LogP contribution >= 0.6 is 0 Å². The predicted octanol–water partition coefficient (Wildman–Crippen LogP) is 3.00. The summed E-state index contributed by atoms with van der Waals surface area (Å²) in [7, 11) is 0. The molecule has 0 aliphatic carbocycles. The molecular formula is C21H28N6. The van der Waals surface area contributed by atoms with Crippen LogP contribution in [0.25, 0.3) is 0 Å². The fraction of sp³-hybridized carbons (Fsp3) is 0.381. The van der Waals surface area contributed by atoms with Crippen LogP contribution in [0.2, 0.25) is 0 Å². The largest absolute Gasteiger partial charge is 0.369 e. The van der Waals surface area contributed by atoms with E-state index < -0.39 is 6.04 Å². The maximum atomic E-state index is 9.79. The maximum Gasteiger partial charge on any atom is 0.205 e. The van der Waals surface area contributed by atoms with Crippen molar-refractivity contribution in [2.75, 3.05) is 26.2 Å². The number of nitrogens with two attached hydrogens (primary N) is 1. The number of rotatable bonds is 9. The summed E-state index contributed by atoms with van der Waals surface area (Å²) in [6, 6.07) is 15.0. The molecule has 1 aromatic heterocycles. The summed E-state index contributed by atoms with van der Waals surface area (Å²) in [5.74, 6) is 0.219. The van der Waals surface area contributed by atoms with Gasteiger partial charge in [0.25, 0.3) is 0 Å². The average Bonchev–Trinajstić information content (AvgIpc) is 2.73. The molecule has 27 heavy (non-hydrogen) atoms. The lowest BCUT2D eigenvalue weighted by molar-refractivity contribution is 0.301. The minimum atomic E-state index is -0.399. The molecule has 0 amide bonds. The number of pyridine rings is 1. The van der Waals surface area contributed by atoms with Crippen LogP contribution in [0.4, 0.5) is 0 Å². The number of aromatic nitrogens is 1. The van der Waals surface area contributed by atoms with Crippen LogP contribution < -0.4 is 5.73 Å². The Morgan fingerprint density at radius 1 is 1.15 bits per heavy atom. The van der Waals surface area contributed by atoms with Crippen LogP contribution in [0.1, 0.15) is 37.6 Å². The average molecular weight is 364 g/mol. The summed E-state index contributed by atoms with van der Waals surface area (Å²) in [4.78, 5) is 12.7. The van der Waals surface area contributed by atoms with Crippen molar-refractivity contribution in [3.63, 3.8) is 0 Å². The molecule has 1 atom stereocenters. The van der Waals surface area contributed by atoms with Gasteiger partial charge in [-0.1, -0.05) is 50.2 Å². The third kappa shape index (κ3) is 5.80. The van der Waals surface area contributed by atoms with Gasteiger partial charge in [-0.25, -0.2) is 4.90 Å². The zero-order chi connectivity index (χ0) is 19.5. The lowest BCUT2D eigenvalue weighted by Gasteiger charge is -2.26. The minimum Gasteiger partial charge on any atom is -0.369 e. The first-order valence-electron chi connectivity index (χ1n) is 9.38. The molecule has 2 aromatic rings. The van der Waals surface area contributed by atoms with Crippen molar-refractivity contribution in [2.24, 2.45) is 10.7 Å². The van der Waals surface area contributed by atoms with E-state index in [1.807, 2.05) is 48.5 Å². The summed E-state index contributed by atoms with van der Waals surface area (Å²) in [5, 5.41) is 9.79. The van der Waals surface area contributed by atoms with Gasteiger partial charge in [0.1, 0.15) is 6.04 Å². The van der Waals surface area contributed by atoms with Crippen molar-refractivity contribution in [2.45, 2.75) is 26.3 Å². The zero-order valence-corrected chi connectivity index (χ0v) is 16.1. The molecule has 2 N–H and O–H groups in total. The summed E-state index contributed by atoms with van der Waals surface area (Å²) in [6.45, 7) is 7.90. The molecule has 0 bridgehead atoms. The molecule has 1 unspecified atom stereocenters. The van der Waals surface area contributed by atoms with E-state index in [9.17, 15) is 5.26 Å². The monoisotopic (exact) mass is 364 g/mol. The molecule has 0 saturated heterocycles. The Hall–Kier alpha value is -2.91. The lowest BCUT2D eigenvalue weighted by Crippen LogP contribution is -2.38. The van der Waals surface area contributed by atoms with Gasteiger partial charge >= 0.3 is 0 Å². The number of benzene rings is 1. The fourth-order valence-corrected chi connectivity index (χ4v) is 2.97. The molecule has 0 spiro atoms. The maximum absolute atomic E-state index is 9.79. The van der Waals surface area contributed by atoms with Gasteiger partial charge in [-0.15, -0.1) is 0 Å². The molecule has 0 saturated carbocycles. The van der Waals surface area contributed by atoms with E-state index in [2.05, 4.69) is 34.9 Å². The molecule has 0 aliphatic rings. The van der Waals surface area contributed by atoms with Gasteiger partial charge in [-0.2, -0.15) is 5.26 Å². The van der Waals surface area contributed by atoms with E-state index in [4.69, 9.17) is 5.73 Å². The third-order valence-corrected chi connectivity index (χ3v) is 4.50. The highest BCUT2D eigenvalue weighted by atomic mass is 15.3. The summed E-state index contributed by atoms with van der Waals surface area (Å²) in [5.41, 5.74) is 7.90.